The van der Waals surface area contributed by atoms with Gasteiger partial charge in [-0.15, -0.1) is 0 Å². The van der Waals surface area contributed by atoms with Gasteiger partial charge in [0.15, 0.2) is 11.2 Å². The molecule has 0 fully saturated rings. The Bertz CT molecular complexity index is 7320. The van der Waals surface area contributed by atoms with Crippen molar-refractivity contribution in [3.05, 3.63) is 336 Å². The lowest BCUT2D eigenvalue weighted by Gasteiger charge is -2.46. The molecule has 0 saturated heterocycles. The molecule has 19 rings (SSSR count). The standard InChI is InChI=1S/C97H78N4O/c1-95(2,3)66-51-65(52-67(55-66)96(4,5)6)64-48-50-77-87(54-64)101(92-78(61-31-15-11-16-32-61)56-68(97(7,8)9)57-79(92)62-33-17-12-18-34-62)89-59-69(98-80-41-23-19-35-70(80)71-36-20-24-42-81(71)98)58-88-91(89)90(77)76-49-47-63(60-29-13-10-14-30-60)53-86(76)100(88)85-46-28-40-75-74-39-27-45-84(93(74)102-94(75)85)99-82-43-25-21-37-72(82)73-38-22-26-44-83(73)99/h10-59,90H,1-9H3/i10D,13D,14D,19D,20D,21D,22D,23D,24D,25D,26D,29D,30D,35D,36D,37D,38D,41D,42D,43D,44D. The third kappa shape index (κ3) is 9.58. The van der Waals surface area contributed by atoms with Crippen LogP contribution in [-0.2, 0) is 16.2 Å². The molecule has 0 aliphatic carbocycles. The molecule has 0 bridgehead atoms. The SMILES string of the molecule is [2H]c1c([2H])c([2H])c(-c2ccc3c(c2)N(c2cccc4c2oc2c(-n5c6c([2H])c([2H])c([2H])c([2H])c6c6c([2H])c([2H])c([2H])c([2H])c65)cccc24)c2cc(-n4c5c([2H])c([2H])c([2H])c([2H])c5c5c([2H])c([2H])c([2H])c([2H])c54)cc4c2C3c2ccc(-c3cc(C(C)(C)C)cc(C(C)(C)C)c3)cc2N4c2c(-c3ccccc3)cc(C(C)(C)C)cc2-c2ccccc2)c([2H])c1[2H]. The summed E-state index contributed by atoms with van der Waals surface area (Å²) in [6, 6.07) is 45.5. The minimum absolute atomic E-state index is 0.102. The van der Waals surface area contributed by atoms with Crippen molar-refractivity contribution in [2.24, 2.45) is 0 Å². The van der Waals surface area contributed by atoms with Gasteiger partial charge < -0.3 is 23.4 Å². The average molecular weight is 1340 g/mol. The molecule has 14 aromatic carbocycles. The van der Waals surface area contributed by atoms with Gasteiger partial charge in [-0.3, -0.25) is 0 Å². The fourth-order valence-electron chi connectivity index (χ4n) is 15.5. The molecule has 0 saturated carbocycles. The number of para-hydroxylation sites is 6. The minimum atomic E-state index is -0.853. The van der Waals surface area contributed by atoms with Crippen LogP contribution in [0.3, 0.4) is 0 Å². The van der Waals surface area contributed by atoms with E-state index >= 15 is 0 Å². The summed E-state index contributed by atoms with van der Waals surface area (Å²) in [6.45, 7) is 19.7. The van der Waals surface area contributed by atoms with Gasteiger partial charge >= 0.3 is 0 Å². The van der Waals surface area contributed by atoms with E-state index in [1.54, 1.807) is 30.3 Å². The molecule has 492 valence electrons. The second-order valence-corrected chi connectivity index (χ2v) is 29.7. The number of aromatic nitrogens is 2. The van der Waals surface area contributed by atoms with Gasteiger partial charge in [-0.2, -0.15) is 0 Å². The van der Waals surface area contributed by atoms with Crippen molar-refractivity contribution in [2.75, 3.05) is 9.80 Å². The third-order valence-electron chi connectivity index (χ3n) is 20.5. The summed E-state index contributed by atoms with van der Waals surface area (Å²) in [5.41, 5.74) is 11.9. The molecule has 0 spiro atoms. The van der Waals surface area contributed by atoms with Crippen LogP contribution in [0.1, 0.15) is 130 Å². The lowest BCUT2D eigenvalue weighted by atomic mass is 9.74. The van der Waals surface area contributed by atoms with Crippen molar-refractivity contribution in [1.29, 1.82) is 0 Å². The highest BCUT2D eigenvalue weighted by Gasteiger charge is 2.44. The number of nitrogens with zero attached hydrogens (tertiary/aromatic N) is 4. The first-order valence-corrected chi connectivity index (χ1v) is 34.3. The van der Waals surface area contributed by atoms with E-state index in [9.17, 15) is 19.2 Å². The summed E-state index contributed by atoms with van der Waals surface area (Å²) in [6.07, 6.45) is 0. The average Bonchev–Trinajstić information content (AvgIpc) is 1.67. The molecule has 102 heavy (non-hydrogen) atoms. The molecule has 5 nitrogen and oxygen atoms in total. The van der Waals surface area contributed by atoms with E-state index in [-0.39, 0.29) is 93.8 Å². The topological polar surface area (TPSA) is 29.5 Å². The van der Waals surface area contributed by atoms with Crippen molar-refractivity contribution in [3.8, 4) is 55.9 Å². The molecule has 1 unspecified atom stereocenters. The normalized spacial score (nSPS) is 16.7. The van der Waals surface area contributed by atoms with Crippen molar-refractivity contribution in [3.63, 3.8) is 0 Å². The highest BCUT2D eigenvalue weighted by atomic mass is 16.3. The van der Waals surface area contributed by atoms with E-state index in [2.05, 4.69) is 140 Å². The second-order valence-electron chi connectivity index (χ2n) is 29.7. The summed E-state index contributed by atoms with van der Waals surface area (Å²) >= 11 is 0. The minimum Gasteiger partial charge on any atom is -0.452 e. The number of rotatable bonds is 8. The van der Waals surface area contributed by atoms with Crippen LogP contribution in [0.4, 0.5) is 34.1 Å². The fourth-order valence-corrected chi connectivity index (χ4v) is 15.5. The van der Waals surface area contributed by atoms with Crippen LogP contribution in [0.2, 0.25) is 0 Å². The quantitative estimate of drug-likeness (QED) is 0.152. The summed E-state index contributed by atoms with van der Waals surface area (Å²) in [5, 5.41) is 0.237. The summed E-state index contributed by atoms with van der Waals surface area (Å²) in [5.74, 6) is -0.853. The van der Waals surface area contributed by atoms with Gasteiger partial charge in [0, 0.05) is 54.9 Å². The first kappa shape index (κ1) is 42.9. The highest BCUT2D eigenvalue weighted by Crippen LogP contribution is 2.64. The number of benzene rings is 14. The van der Waals surface area contributed by atoms with E-state index in [0.717, 1.165) is 55.6 Å². The predicted molar refractivity (Wildman–Crippen MR) is 431 cm³/mol. The Labute approximate surface area is 625 Å². The maximum Gasteiger partial charge on any atom is 0.159 e. The molecule has 3 aromatic heterocycles. The van der Waals surface area contributed by atoms with E-state index in [0.29, 0.717) is 50.3 Å². The monoisotopic (exact) mass is 1340 g/mol. The first-order chi connectivity index (χ1) is 58.2. The van der Waals surface area contributed by atoms with Crippen LogP contribution in [0.15, 0.2) is 307 Å². The molecule has 1 atom stereocenters. The Hall–Kier alpha value is -11.9. The Morgan fingerprint density at radius 3 is 1.23 bits per heavy atom. The summed E-state index contributed by atoms with van der Waals surface area (Å²) in [7, 11) is 0. The van der Waals surface area contributed by atoms with Crippen molar-refractivity contribution in [2.45, 2.75) is 84.5 Å². The summed E-state index contributed by atoms with van der Waals surface area (Å²) in [4.78, 5) is 4.20. The van der Waals surface area contributed by atoms with Gasteiger partial charge in [0.05, 0.1) is 96.4 Å². The van der Waals surface area contributed by atoms with Crippen LogP contribution in [0, 0.1) is 0 Å². The zero-order valence-electron chi connectivity index (χ0n) is 78.5. The van der Waals surface area contributed by atoms with Gasteiger partial charge in [0.2, 0.25) is 0 Å². The van der Waals surface area contributed by atoms with Crippen molar-refractivity contribution >= 4 is 99.7 Å². The van der Waals surface area contributed by atoms with Crippen LogP contribution >= 0.6 is 0 Å². The molecule has 17 aromatic rings. The smallest absolute Gasteiger partial charge is 0.159 e. The van der Waals surface area contributed by atoms with E-state index in [1.807, 2.05) is 77.7 Å². The van der Waals surface area contributed by atoms with E-state index in [4.69, 9.17) is 14.0 Å². The predicted octanol–water partition coefficient (Wildman–Crippen LogP) is 27.1. The number of hydrogen-bond donors (Lipinski definition) is 0. The zero-order valence-corrected chi connectivity index (χ0v) is 57.5. The Balaban J connectivity index is 1.04. The van der Waals surface area contributed by atoms with Crippen molar-refractivity contribution < 1.29 is 33.2 Å². The molecule has 0 amide bonds. The number of anilines is 6. The highest BCUT2D eigenvalue weighted by molar-refractivity contribution is 6.16. The molecule has 0 N–H and O–H groups in total. The molecule has 0 radical (unpaired) electrons. The molecular weight excluding hydrogens is 1240 g/mol. The molecule has 5 heterocycles. The fraction of sp³-hybridized carbons (Fsp3) is 0.134. The molecular formula is C97H78N4O. The lowest BCUT2D eigenvalue weighted by molar-refractivity contribution is 0.569. The zero-order chi connectivity index (χ0) is 87.4. The molecule has 2 aliphatic heterocycles. The summed E-state index contributed by atoms with van der Waals surface area (Å²) < 4.78 is 209. The van der Waals surface area contributed by atoms with Crippen LogP contribution < -0.4 is 9.80 Å². The van der Waals surface area contributed by atoms with Gasteiger partial charge in [0.1, 0.15) is 0 Å². The molecule has 2 aliphatic rings. The van der Waals surface area contributed by atoms with Gasteiger partial charge in [0.25, 0.3) is 0 Å². The second kappa shape index (κ2) is 22.8. The first-order valence-electron chi connectivity index (χ1n) is 44.8. The largest absolute Gasteiger partial charge is 0.452 e. The Morgan fingerprint density at radius 1 is 0.304 bits per heavy atom. The van der Waals surface area contributed by atoms with Crippen LogP contribution in [0.5, 0.6) is 0 Å². The van der Waals surface area contributed by atoms with Gasteiger partial charge in [-0.25, -0.2) is 0 Å². The van der Waals surface area contributed by atoms with Crippen LogP contribution in [0.25, 0.3) is 121 Å². The van der Waals surface area contributed by atoms with Gasteiger partial charge in [-0.1, -0.05) is 292 Å². The van der Waals surface area contributed by atoms with Crippen molar-refractivity contribution in [1.82, 2.24) is 9.13 Å². The van der Waals surface area contributed by atoms with E-state index in [1.165, 1.54) is 9.13 Å². The Kier molecular flexibility index (Phi) is 9.59. The number of fused-ring (bicyclic) bond motifs is 13. The van der Waals surface area contributed by atoms with Gasteiger partial charge in [-0.05, 0) is 150 Å². The third-order valence-corrected chi connectivity index (χ3v) is 20.5. The Morgan fingerprint density at radius 2 is 0.725 bits per heavy atom. The maximum atomic E-state index is 10.2. The number of furan rings is 1. The maximum absolute atomic E-state index is 10.2. The lowest BCUT2D eigenvalue weighted by Crippen LogP contribution is -2.30. The molecule has 5 heteroatoms. The van der Waals surface area contributed by atoms with E-state index < -0.39 is 138 Å². The van der Waals surface area contributed by atoms with Crippen LogP contribution in [-0.4, -0.2) is 9.13 Å². The number of hydrogen-bond acceptors (Lipinski definition) is 3.